The van der Waals surface area contributed by atoms with Crippen molar-refractivity contribution in [2.24, 2.45) is 0 Å². The Balaban J connectivity index is 2.21. The fraction of sp³-hybridized carbons (Fsp3) is 0.524. The van der Waals surface area contributed by atoms with Gasteiger partial charge in [-0.15, -0.1) is 0 Å². The number of carbonyl (C=O) groups excluding carboxylic acids is 2. The molecule has 0 heterocycles. The summed E-state index contributed by atoms with van der Waals surface area (Å²) in [6, 6.07) is 6.11. The van der Waals surface area contributed by atoms with E-state index in [0.29, 0.717) is 23.4 Å². The van der Waals surface area contributed by atoms with Gasteiger partial charge < -0.3 is 5.43 Å². The third kappa shape index (κ3) is 7.72. The second-order valence-electron chi connectivity index (χ2n) is 7.20. The van der Waals surface area contributed by atoms with E-state index in [4.69, 9.17) is 11.6 Å². The number of hydrogen-bond acceptors (Lipinski definition) is 3. The minimum atomic E-state index is -4.94. The van der Waals surface area contributed by atoms with Gasteiger partial charge in [0.1, 0.15) is 0 Å². The van der Waals surface area contributed by atoms with Gasteiger partial charge in [-0.25, -0.2) is 0 Å². The number of Topliss-reactive ketones (excluding diaryl/α,β-unsaturated/α-hetero) is 1. The summed E-state index contributed by atoms with van der Waals surface area (Å²) in [5.41, 5.74) is 5.21. The normalized spacial score (nSPS) is 19.6. The number of benzene rings is 1. The Bertz CT molecular complexity index is 730. The van der Waals surface area contributed by atoms with E-state index in [1.807, 2.05) is 0 Å². The number of carbonyl (C=O) groups is 2. The lowest BCUT2D eigenvalue weighted by Gasteiger charge is -2.19. The number of halogens is 4. The van der Waals surface area contributed by atoms with E-state index in [1.165, 1.54) is 12.1 Å². The van der Waals surface area contributed by atoms with Crippen LogP contribution in [0.1, 0.15) is 74.6 Å². The Labute approximate surface area is 173 Å². The molecule has 0 saturated carbocycles. The Morgan fingerprint density at radius 1 is 0.828 bits per heavy atom. The topological polar surface area (TPSA) is 58.2 Å². The molecule has 0 aliphatic heterocycles. The van der Waals surface area contributed by atoms with Gasteiger partial charge in [0.25, 0.3) is 11.7 Å². The number of allylic oxidation sites excluding steroid dienone is 2. The van der Waals surface area contributed by atoms with Crippen LogP contribution in [0, 0.1) is 0 Å². The Kier molecular flexibility index (Phi) is 9.01. The zero-order chi connectivity index (χ0) is 21.3. The summed E-state index contributed by atoms with van der Waals surface area (Å²) in [6.07, 6.45) is 2.29. The first kappa shape index (κ1) is 23.3. The zero-order valence-corrected chi connectivity index (χ0v) is 17.0. The molecule has 1 aliphatic rings. The van der Waals surface area contributed by atoms with Crippen LogP contribution in [0.4, 0.5) is 13.2 Å². The monoisotopic (exact) mass is 430 g/mol. The SMILES string of the molecule is O=C(NN/C1=C(\C(=O)C(F)(F)F)CCCCCCCCCC1)c1ccc(Cl)cc1. The average Bonchev–Trinajstić information content (AvgIpc) is 2.66. The number of amides is 1. The fourth-order valence-electron chi connectivity index (χ4n) is 3.33. The predicted molar refractivity (Wildman–Crippen MR) is 106 cm³/mol. The van der Waals surface area contributed by atoms with Crippen LogP contribution in [0.5, 0.6) is 0 Å². The molecule has 1 aliphatic carbocycles. The van der Waals surface area contributed by atoms with Gasteiger partial charge in [0.05, 0.1) is 0 Å². The average molecular weight is 431 g/mol. The van der Waals surface area contributed by atoms with Gasteiger partial charge in [0.2, 0.25) is 0 Å². The van der Waals surface area contributed by atoms with Crippen LogP contribution in [-0.2, 0) is 4.79 Å². The molecule has 1 aromatic rings. The largest absolute Gasteiger partial charge is 0.454 e. The van der Waals surface area contributed by atoms with Crippen LogP contribution in [0.25, 0.3) is 0 Å². The zero-order valence-electron chi connectivity index (χ0n) is 16.2. The summed E-state index contributed by atoms with van der Waals surface area (Å²) in [7, 11) is 0. The lowest BCUT2D eigenvalue weighted by molar-refractivity contribution is -0.166. The smallest absolute Gasteiger partial charge is 0.302 e. The van der Waals surface area contributed by atoms with E-state index >= 15 is 0 Å². The van der Waals surface area contributed by atoms with Crippen molar-refractivity contribution in [3.8, 4) is 0 Å². The van der Waals surface area contributed by atoms with E-state index in [2.05, 4.69) is 10.9 Å². The molecule has 0 saturated heterocycles. The van der Waals surface area contributed by atoms with Gasteiger partial charge >= 0.3 is 6.18 Å². The minimum Gasteiger partial charge on any atom is -0.302 e. The van der Waals surface area contributed by atoms with Crippen molar-refractivity contribution in [3.05, 3.63) is 46.1 Å². The van der Waals surface area contributed by atoms with Crippen molar-refractivity contribution >= 4 is 23.3 Å². The quantitative estimate of drug-likeness (QED) is 0.587. The van der Waals surface area contributed by atoms with Crippen LogP contribution in [0.15, 0.2) is 35.5 Å². The number of rotatable bonds is 4. The summed E-state index contributed by atoms with van der Waals surface area (Å²) in [6.45, 7) is 0. The first-order chi connectivity index (χ1) is 13.8. The van der Waals surface area contributed by atoms with E-state index in [-0.39, 0.29) is 24.1 Å². The third-order valence-electron chi connectivity index (χ3n) is 4.93. The number of hydrogen-bond donors (Lipinski definition) is 2. The third-order valence-corrected chi connectivity index (χ3v) is 5.18. The molecule has 0 spiro atoms. The Morgan fingerprint density at radius 2 is 1.34 bits per heavy atom. The van der Waals surface area contributed by atoms with Crippen molar-refractivity contribution in [3.63, 3.8) is 0 Å². The summed E-state index contributed by atoms with van der Waals surface area (Å²) in [4.78, 5) is 24.4. The molecule has 4 nitrogen and oxygen atoms in total. The maximum absolute atomic E-state index is 13.2. The Hall–Kier alpha value is -2.02. The van der Waals surface area contributed by atoms with Gasteiger partial charge in [-0.3, -0.25) is 15.0 Å². The van der Waals surface area contributed by atoms with Gasteiger partial charge in [-0.1, -0.05) is 50.1 Å². The highest BCUT2D eigenvalue weighted by Crippen LogP contribution is 2.28. The molecule has 2 rings (SSSR count). The highest BCUT2D eigenvalue weighted by molar-refractivity contribution is 6.30. The molecule has 160 valence electrons. The minimum absolute atomic E-state index is 0.0392. The van der Waals surface area contributed by atoms with E-state index in [9.17, 15) is 22.8 Å². The highest BCUT2D eigenvalue weighted by Gasteiger charge is 2.41. The van der Waals surface area contributed by atoms with Crippen molar-refractivity contribution < 1.29 is 22.8 Å². The van der Waals surface area contributed by atoms with E-state index in [0.717, 1.165) is 38.5 Å². The van der Waals surface area contributed by atoms with Crippen LogP contribution < -0.4 is 10.9 Å². The van der Waals surface area contributed by atoms with Crippen molar-refractivity contribution in [1.82, 2.24) is 10.9 Å². The van der Waals surface area contributed by atoms with Crippen molar-refractivity contribution in [1.29, 1.82) is 0 Å². The van der Waals surface area contributed by atoms with E-state index in [1.54, 1.807) is 12.1 Å². The first-order valence-electron chi connectivity index (χ1n) is 9.94. The van der Waals surface area contributed by atoms with Crippen LogP contribution in [0.3, 0.4) is 0 Å². The second kappa shape index (κ2) is 11.2. The predicted octanol–water partition coefficient (Wildman–Crippen LogP) is 5.87. The molecule has 29 heavy (non-hydrogen) atoms. The van der Waals surface area contributed by atoms with Gasteiger partial charge in [0.15, 0.2) is 0 Å². The van der Waals surface area contributed by atoms with E-state index < -0.39 is 17.9 Å². The second-order valence-corrected chi connectivity index (χ2v) is 7.63. The lowest BCUT2D eigenvalue weighted by atomic mass is 9.96. The molecule has 0 radical (unpaired) electrons. The summed E-state index contributed by atoms with van der Waals surface area (Å²) >= 11 is 5.80. The Morgan fingerprint density at radius 3 is 1.90 bits per heavy atom. The molecular weight excluding hydrogens is 405 g/mol. The van der Waals surface area contributed by atoms with Crippen LogP contribution >= 0.6 is 11.6 Å². The first-order valence-corrected chi connectivity index (χ1v) is 10.3. The van der Waals surface area contributed by atoms with Crippen molar-refractivity contribution in [2.75, 3.05) is 0 Å². The van der Waals surface area contributed by atoms with Gasteiger partial charge in [-0.05, 0) is 49.9 Å². The molecule has 8 heteroatoms. The number of ketones is 1. The molecule has 0 aromatic heterocycles. The lowest BCUT2D eigenvalue weighted by Crippen LogP contribution is -2.39. The van der Waals surface area contributed by atoms with Crippen molar-refractivity contribution in [2.45, 2.75) is 70.4 Å². The molecule has 1 aromatic carbocycles. The van der Waals surface area contributed by atoms with Crippen LogP contribution in [-0.4, -0.2) is 17.9 Å². The van der Waals surface area contributed by atoms with Crippen LogP contribution in [0.2, 0.25) is 5.02 Å². The number of nitrogens with one attached hydrogen (secondary N) is 2. The number of hydrazine groups is 1. The highest BCUT2D eigenvalue weighted by atomic mass is 35.5. The summed E-state index contributed by atoms with van der Waals surface area (Å²) < 4.78 is 39.5. The standard InChI is InChI=1S/C21H26ClF3N2O2/c22-16-13-11-15(12-14-16)20(29)27-26-18-10-8-6-4-2-1-3-5-7-9-17(18)19(28)21(23,24)25/h11-14,26H,1-10H2,(H,27,29)/b18-17-. The molecule has 0 fully saturated rings. The molecule has 0 atom stereocenters. The fourth-order valence-corrected chi connectivity index (χ4v) is 3.46. The molecule has 0 unspecified atom stereocenters. The number of alkyl halides is 3. The molecule has 0 bridgehead atoms. The summed E-state index contributed by atoms with van der Waals surface area (Å²) in [5.74, 6) is -2.35. The summed E-state index contributed by atoms with van der Waals surface area (Å²) in [5, 5.41) is 0.467. The molecule has 1 amide bonds. The van der Waals surface area contributed by atoms with Gasteiger partial charge in [-0.2, -0.15) is 13.2 Å². The van der Waals surface area contributed by atoms with Gasteiger partial charge in [0, 0.05) is 21.9 Å². The maximum Gasteiger partial charge on any atom is 0.454 e. The maximum atomic E-state index is 13.2. The molecule has 2 N–H and O–H groups in total. The molecular formula is C21H26ClF3N2O2.